The fraction of sp³-hybridized carbons (Fsp3) is 0.412. The fourth-order valence-electron chi connectivity index (χ4n) is 2.78. The van der Waals surface area contributed by atoms with Crippen LogP contribution in [-0.2, 0) is 6.54 Å². The molecule has 10 heteroatoms. The molecule has 1 aromatic heterocycles. The van der Waals surface area contributed by atoms with Crippen molar-refractivity contribution >= 4 is 16.8 Å². The van der Waals surface area contributed by atoms with E-state index < -0.39 is 36.7 Å². The highest BCUT2D eigenvalue weighted by atomic mass is 16.7. The van der Waals surface area contributed by atoms with Crippen LogP contribution >= 0.6 is 0 Å². The fourth-order valence-corrected chi connectivity index (χ4v) is 2.78. The van der Waals surface area contributed by atoms with Gasteiger partial charge in [0.1, 0.15) is 11.1 Å². The molecule has 3 rings (SSSR count). The third-order valence-corrected chi connectivity index (χ3v) is 4.45. The molecule has 0 aliphatic carbocycles. The number of nitrogens with one attached hydrogen (secondary N) is 1. The van der Waals surface area contributed by atoms with Crippen molar-refractivity contribution in [2.75, 3.05) is 26.6 Å². The SMILES string of the molecule is CCn1cc(C(=O)NC(CO)(CO)CO)c(=O)c2cc3c(cc21)OCO3.O. The van der Waals surface area contributed by atoms with Crippen molar-refractivity contribution in [2.45, 2.75) is 19.0 Å². The van der Waals surface area contributed by atoms with Crippen molar-refractivity contribution < 1.29 is 35.1 Å². The Hall–Kier alpha value is -2.66. The average Bonchev–Trinajstić information content (AvgIpc) is 3.12. The van der Waals surface area contributed by atoms with Gasteiger partial charge in [0.05, 0.1) is 30.7 Å². The van der Waals surface area contributed by atoms with E-state index in [0.29, 0.717) is 23.6 Å². The van der Waals surface area contributed by atoms with Crippen LogP contribution in [0.25, 0.3) is 10.9 Å². The highest BCUT2D eigenvalue weighted by Gasteiger charge is 2.31. The minimum absolute atomic E-state index is 0. The lowest BCUT2D eigenvalue weighted by atomic mass is 10.0. The van der Waals surface area contributed by atoms with Crippen LogP contribution in [0.4, 0.5) is 0 Å². The molecule has 0 spiro atoms. The highest BCUT2D eigenvalue weighted by Crippen LogP contribution is 2.35. The van der Waals surface area contributed by atoms with Gasteiger partial charge in [-0.1, -0.05) is 0 Å². The van der Waals surface area contributed by atoms with Crippen LogP contribution in [0.15, 0.2) is 23.1 Å². The van der Waals surface area contributed by atoms with Gasteiger partial charge < -0.3 is 40.2 Å². The second-order valence-electron chi connectivity index (χ2n) is 6.09. The summed E-state index contributed by atoms with van der Waals surface area (Å²) >= 11 is 0. The molecule has 148 valence electrons. The number of carbonyl (C=O) groups is 1. The summed E-state index contributed by atoms with van der Waals surface area (Å²) in [6.07, 6.45) is 1.40. The Labute approximate surface area is 153 Å². The lowest BCUT2D eigenvalue weighted by Gasteiger charge is -2.28. The summed E-state index contributed by atoms with van der Waals surface area (Å²) in [5, 5.41) is 30.7. The van der Waals surface area contributed by atoms with E-state index in [1.807, 2.05) is 6.92 Å². The minimum Gasteiger partial charge on any atom is -0.454 e. The Morgan fingerprint density at radius 2 is 1.78 bits per heavy atom. The van der Waals surface area contributed by atoms with Gasteiger partial charge in [-0.2, -0.15) is 0 Å². The highest BCUT2D eigenvalue weighted by molar-refractivity contribution is 5.98. The van der Waals surface area contributed by atoms with E-state index in [-0.39, 0.29) is 23.2 Å². The summed E-state index contributed by atoms with van der Waals surface area (Å²) < 4.78 is 12.3. The molecule has 6 N–H and O–H groups in total. The van der Waals surface area contributed by atoms with E-state index >= 15 is 0 Å². The van der Waals surface area contributed by atoms with Crippen molar-refractivity contribution in [1.82, 2.24) is 9.88 Å². The molecule has 10 nitrogen and oxygen atoms in total. The second kappa shape index (κ2) is 7.92. The molecule has 1 aliphatic rings. The first kappa shape index (κ1) is 20.6. The third-order valence-electron chi connectivity index (χ3n) is 4.45. The largest absolute Gasteiger partial charge is 0.454 e. The van der Waals surface area contributed by atoms with E-state index in [9.17, 15) is 24.9 Å². The van der Waals surface area contributed by atoms with Gasteiger partial charge in [-0.15, -0.1) is 0 Å². The maximum absolute atomic E-state index is 12.8. The van der Waals surface area contributed by atoms with E-state index in [1.165, 1.54) is 12.3 Å². The first-order chi connectivity index (χ1) is 12.5. The van der Waals surface area contributed by atoms with Crippen molar-refractivity contribution in [1.29, 1.82) is 0 Å². The number of aliphatic hydroxyl groups is 3. The third kappa shape index (κ3) is 3.47. The number of rotatable bonds is 6. The molecule has 1 amide bonds. The number of aromatic nitrogens is 1. The van der Waals surface area contributed by atoms with Gasteiger partial charge in [0.2, 0.25) is 12.2 Å². The Balaban J connectivity index is 0.00000261. The number of aliphatic hydroxyl groups excluding tert-OH is 3. The zero-order chi connectivity index (χ0) is 18.9. The topological polar surface area (TPSA) is 162 Å². The number of nitrogens with zero attached hydrogens (tertiary/aromatic N) is 1. The molecule has 0 fully saturated rings. The molecular formula is C17H22N2O8. The first-order valence-electron chi connectivity index (χ1n) is 8.10. The van der Waals surface area contributed by atoms with Crippen molar-refractivity contribution in [3.63, 3.8) is 0 Å². The molecule has 0 radical (unpaired) electrons. The number of hydrogen-bond acceptors (Lipinski definition) is 7. The van der Waals surface area contributed by atoms with Crippen LogP contribution in [0.1, 0.15) is 17.3 Å². The summed E-state index contributed by atoms with van der Waals surface area (Å²) in [7, 11) is 0. The van der Waals surface area contributed by atoms with Gasteiger partial charge in [0.15, 0.2) is 11.5 Å². The van der Waals surface area contributed by atoms with Crippen LogP contribution in [-0.4, -0.2) is 63.4 Å². The number of hydrogen-bond donors (Lipinski definition) is 4. The van der Waals surface area contributed by atoms with Crippen LogP contribution in [0.3, 0.4) is 0 Å². The molecule has 0 saturated heterocycles. The molecule has 0 saturated carbocycles. The predicted octanol–water partition coefficient (Wildman–Crippen LogP) is -1.63. The molecule has 27 heavy (non-hydrogen) atoms. The Morgan fingerprint density at radius 1 is 1.19 bits per heavy atom. The van der Waals surface area contributed by atoms with Crippen molar-refractivity contribution in [2.24, 2.45) is 0 Å². The Morgan fingerprint density at radius 3 is 2.33 bits per heavy atom. The zero-order valence-electron chi connectivity index (χ0n) is 14.7. The van der Waals surface area contributed by atoms with Crippen LogP contribution in [0.5, 0.6) is 11.5 Å². The quantitative estimate of drug-likeness (QED) is 0.466. The van der Waals surface area contributed by atoms with E-state index in [0.717, 1.165) is 0 Å². The van der Waals surface area contributed by atoms with Gasteiger partial charge in [-0.25, -0.2) is 0 Å². The number of amides is 1. The molecule has 1 aliphatic heterocycles. The van der Waals surface area contributed by atoms with Gasteiger partial charge in [0, 0.05) is 18.8 Å². The van der Waals surface area contributed by atoms with Gasteiger partial charge >= 0.3 is 0 Å². The molecule has 1 aromatic carbocycles. The number of pyridine rings is 1. The van der Waals surface area contributed by atoms with Crippen molar-refractivity contribution in [3.05, 3.63) is 34.1 Å². The number of benzene rings is 1. The molecule has 2 heterocycles. The average molecular weight is 382 g/mol. The standard InChI is InChI=1S/C17H20N2O7.H2O/c1-2-19-5-11(16(24)18-17(6-20,7-21)8-22)15(23)10-3-13-14(4-12(10)19)26-9-25-13;/h3-5,20-22H,2,6-9H2,1H3,(H,18,24);1H2. The van der Waals surface area contributed by atoms with E-state index in [2.05, 4.69) is 5.32 Å². The maximum Gasteiger partial charge on any atom is 0.257 e. The summed E-state index contributed by atoms with van der Waals surface area (Å²) in [6, 6.07) is 3.21. The van der Waals surface area contributed by atoms with Crippen LogP contribution in [0.2, 0.25) is 0 Å². The predicted molar refractivity (Wildman–Crippen MR) is 95.1 cm³/mol. The Kier molecular flexibility index (Phi) is 6.06. The number of aryl methyl sites for hydroxylation is 1. The molecule has 0 unspecified atom stereocenters. The molecule has 2 aromatic rings. The number of ether oxygens (including phenoxy) is 2. The Bertz CT molecular complexity index is 896. The second-order valence-corrected chi connectivity index (χ2v) is 6.09. The summed E-state index contributed by atoms with van der Waals surface area (Å²) in [5.41, 5.74) is -1.72. The summed E-state index contributed by atoms with van der Waals surface area (Å²) in [6.45, 7) is 0.364. The normalized spacial score (nSPS) is 12.7. The zero-order valence-corrected chi connectivity index (χ0v) is 14.7. The first-order valence-corrected chi connectivity index (χ1v) is 8.10. The van der Waals surface area contributed by atoms with Gasteiger partial charge in [-0.05, 0) is 13.0 Å². The maximum atomic E-state index is 12.8. The molecule has 0 bridgehead atoms. The molecular weight excluding hydrogens is 360 g/mol. The van der Waals surface area contributed by atoms with E-state index in [4.69, 9.17) is 9.47 Å². The minimum atomic E-state index is -1.62. The summed E-state index contributed by atoms with van der Waals surface area (Å²) in [5.74, 6) is 0.148. The van der Waals surface area contributed by atoms with Gasteiger partial charge in [-0.3, -0.25) is 9.59 Å². The van der Waals surface area contributed by atoms with Crippen molar-refractivity contribution in [3.8, 4) is 11.5 Å². The van der Waals surface area contributed by atoms with Crippen LogP contribution in [0, 0.1) is 0 Å². The van der Waals surface area contributed by atoms with Gasteiger partial charge in [0.25, 0.3) is 5.91 Å². The number of carbonyl (C=O) groups excluding carboxylic acids is 1. The smallest absolute Gasteiger partial charge is 0.257 e. The molecule has 0 atom stereocenters. The monoisotopic (exact) mass is 382 g/mol. The number of fused-ring (bicyclic) bond motifs is 2. The lowest BCUT2D eigenvalue weighted by molar-refractivity contribution is 0.0374. The lowest BCUT2D eigenvalue weighted by Crippen LogP contribution is -2.57. The van der Waals surface area contributed by atoms with Crippen LogP contribution < -0.4 is 20.2 Å². The summed E-state index contributed by atoms with van der Waals surface area (Å²) in [4.78, 5) is 25.4. The van der Waals surface area contributed by atoms with E-state index in [1.54, 1.807) is 10.6 Å².